The SMILES string of the molecule is CC(C)(c1cncnc1)N1CCC(N2CCC(n3c(=O)[nH]c4cc(Cl)ccc43)CC2)CC1. The van der Waals surface area contributed by atoms with Crippen LogP contribution < -0.4 is 5.69 Å². The van der Waals surface area contributed by atoms with E-state index in [9.17, 15) is 4.79 Å². The Morgan fingerprint density at radius 1 is 1.00 bits per heavy atom. The van der Waals surface area contributed by atoms with Crippen molar-refractivity contribution in [3.05, 3.63) is 58.0 Å². The van der Waals surface area contributed by atoms with Gasteiger partial charge in [-0.25, -0.2) is 14.8 Å². The van der Waals surface area contributed by atoms with Gasteiger partial charge in [-0.3, -0.25) is 9.47 Å². The molecule has 2 aliphatic heterocycles. The van der Waals surface area contributed by atoms with Crippen molar-refractivity contribution in [2.24, 2.45) is 0 Å². The minimum absolute atomic E-state index is 0.0267. The molecule has 0 amide bonds. The topological polar surface area (TPSA) is 70.1 Å². The molecular weight excluding hydrogens is 424 g/mol. The number of nitrogens with zero attached hydrogens (tertiary/aromatic N) is 5. The van der Waals surface area contributed by atoms with E-state index < -0.39 is 0 Å². The molecule has 7 nitrogen and oxygen atoms in total. The van der Waals surface area contributed by atoms with Crippen molar-refractivity contribution in [1.82, 2.24) is 29.3 Å². The molecule has 2 aromatic heterocycles. The average molecular weight is 455 g/mol. The molecule has 0 spiro atoms. The molecule has 0 aliphatic carbocycles. The van der Waals surface area contributed by atoms with E-state index in [0.717, 1.165) is 50.1 Å². The van der Waals surface area contributed by atoms with E-state index in [1.165, 1.54) is 18.4 Å². The van der Waals surface area contributed by atoms with Crippen molar-refractivity contribution in [2.75, 3.05) is 26.2 Å². The molecule has 3 aromatic rings. The summed E-state index contributed by atoms with van der Waals surface area (Å²) in [5, 5.41) is 0.648. The number of benzene rings is 1. The van der Waals surface area contributed by atoms with E-state index >= 15 is 0 Å². The van der Waals surface area contributed by atoms with Crippen LogP contribution in [0.1, 0.15) is 51.1 Å². The summed E-state index contributed by atoms with van der Waals surface area (Å²) < 4.78 is 1.94. The summed E-state index contributed by atoms with van der Waals surface area (Å²) in [6.07, 6.45) is 9.82. The maximum atomic E-state index is 12.6. The van der Waals surface area contributed by atoms with Gasteiger partial charge in [0.15, 0.2) is 0 Å². The van der Waals surface area contributed by atoms with Gasteiger partial charge in [-0.05, 0) is 57.7 Å². The van der Waals surface area contributed by atoms with Crippen molar-refractivity contribution >= 4 is 22.6 Å². The van der Waals surface area contributed by atoms with Crippen molar-refractivity contribution in [1.29, 1.82) is 0 Å². The summed E-state index contributed by atoms with van der Waals surface area (Å²) >= 11 is 6.10. The van der Waals surface area contributed by atoms with Crippen molar-refractivity contribution in [2.45, 2.75) is 57.2 Å². The van der Waals surface area contributed by atoms with E-state index in [4.69, 9.17) is 11.6 Å². The number of halogens is 1. The maximum absolute atomic E-state index is 12.6. The molecule has 2 fully saturated rings. The van der Waals surface area contributed by atoms with Crippen LogP contribution in [-0.2, 0) is 5.54 Å². The van der Waals surface area contributed by atoms with Crippen LogP contribution in [0.15, 0.2) is 41.7 Å². The van der Waals surface area contributed by atoms with Crippen LogP contribution in [0.2, 0.25) is 5.02 Å². The molecule has 32 heavy (non-hydrogen) atoms. The van der Waals surface area contributed by atoms with Gasteiger partial charge in [0.1, 0.15) is 6.33 Å². The molecule has 2 aliphatic rings. The Hall–Kier alpha value is -2.22. The highest BCUT2D eigenvalue weighted by molar-refractivity contribution is 6.31. The second-order valence-electron chi connectivity index (χ2n) is 9.63. The lowest BCUT2D eigenvalue weighted by atomic mass is 9.90. The first-order chi connectivity index (χ1) is 15.4. The highest BCUT2D eigenvalue weighted by Crippen LogP contribution is 2.33. The molecule has 0 radical (unpaired) electrons. The smallest absolute Gasteiger partial charge is 0.305 e. The number of aromatic nitrogens is 4. The minimum atomic E-state index is -0.0569. The Labute approximate surface area is 193 Å². The Morgan fingerprint density at radius 2 is 1.66 bits per heavy atom. The molecule has 2 saturated heterocycles. The summed E-state index contributed by atoms with van der Waals surface area (Å²) in [6.45, 7) is 8.77. The number of hydrogen-bond acceptors (Lipinski definition) is 5. The summed E-state index contributed by atoms with van der Waals surface area (Å²) in [5.74, 6) is 0. The number of likely N-dealkylation sites (tertiary alicyclic amines) is 2. The normalized spacial score (nSPS) is 20.2. The number of aromatic amines is 1. The molecule has 8 heteroatoms. The number of H-pyrrole nitrogens is 1. The van der Waals surface area contributed by atoms with Crippen LogP contribution >= 0.6 is 11.6 Å². The summed E-state index contributed by atoms with van der Waals surface area (Å²) in [7, 11) is 0. The van der Waals surface area contributed by atoms with Gasteiger partial charge < -0.3 is 9.88 Å². The number of hydrogen-bond donors (Lipinski definition) is 1. The second kappa shape index (κ2) is 8.61. The number of imidazole rings is 1. The first kappa shape index (κ1) is 21.6. The Kier molecular flexibility index (Phi) is 5.82. The summed E-state index contributed by atoms with van der Waals surface area (Å²) in [4.78, 5) is 29.2. The number of piperidine rings is 2. The quantitative estimate of drug-likeness (QED) is 0.649. The molecular formula is C24H31ClN6O. The predicted molar refractivity (Wildman–Crippen MR) is 127 cm³/mol. The third-order valence-corrected chi connectivity index (χ3v) is 7.82. The lowest BCUT2D eigenvalue weighted by molar-refractivity contribution is 0.0342. The monoisotopic (exact) mass is 454 g/mol. The van der Waals surface area contributed by atoms with E-state index in [1.54, 1.807) is 6.33 Å². The van der Waals surface area contributed by atoms with E-state index in [0.29, 0.717) is 11.1 Å². The van der Waals surface area contributed by atoms with E-state index in [1.807, 2.05) is 35.2 Å². The minimum Gasteiger partial charge on any atom is -0.305 e. The third-order valence-electron chi connectivity index (χ3n) is 7.58. The fourth-order valence-electron chi connectivity index (χ4n) is 5.56. The summed E-state index contributed by atoms with van der Waals surface area (Å²) in [5.41, 5.74) is 2.87. The van der Waals surface area contributed by atoms with E-state index in [-0.39, 0.29) is 17.3 Å². The summed E-state index contributed by atoms with van der Waals surface area (Å²) in [6, 6.07) is 6.51. The maximum Gasteiger partial charge on any atom is 0.326 e. The molecule has 5 rings (SSSR count). The van der Waals surface area contributed by atoms with Gasteiger partial charge in [0, 0.05) is 66.8 Å². The van der Waals surface area contributed by atoms with Gasteiger partial charge in [-0.1, -0.05) is 11.6 Å². The lowest BCUT2D eigenvalue weighted by Gasteiger charge is -2.46. The average Bonchev–Trinajstić information content (AvgIpc) is 3.14. The highest BCUT2D eigenvalue weighted by atomic mass is 35.5. The Balaban J connectivity index is 1.20. The first-order valence-electron chi connectivity index (χ1n) is 11.6. The number of fused-ring (bicyclic) bond motifs is 1. The van der Waals surface area contributed by atoms with Crippen molar-refractivity contribution < 1.29 is 0 Å². The zero-order valence-corrected chi connectivity index (χ0v) is 19.6. The lowest BCUT2D eigenvalue weighted by Crippen LogP contribution is -2.52. The predicted octanol–water partition coefficient (Wildman–Crippen LogP) is 3.81. The van der Waals surface area contributed by atoms with Crippen LogP contribution in [0.25, 0.3) is 11.0 Å². The Morgan fingerprint density at radius 3 is 2.34 bits per heavy atom. The largest absolute Gasteiger partial charge is 0.326 e. The third kappa shape index (κ3) is 3.98. The zero-order chi connectivity index (χ0) is 22.3. The number of rotatable bonds is 4. The number of nitrogens with one attached hydrogen (secondary N) is 1. The Bertz CT molecular complexity index is 1120. The van der Waals surface area contributed by atoms with Crippen LogP contribution in [0.5, 0.6) is 0 Å². The fraction of sp³-hybridized carbons (Fsp3) is 0.542. The highest BCUT2D eigenvalue weighted by Gasteiger charge is 2.35. The molecule has 0 bridgehead atoms. The molecule has 170 valence electrons. The standard InChI is InChI=1S/C24H31ClN6O/c1-24(2,17-14-26-16-27-15-17)30-11-7-19(8-12-30)29-9-5-20(6-10-29)31-22-4-3-18(25)13-21(22)28-23(31)32/h3-4,13-16,19-20H,5-12H2,1-2H3,(H,28,32). The van der Waals surface area contributed by atoms with Crippen molar-refractivity contribution in [3.8, 4) is 0 Å². The molecule has 1 N–H and O–H groups in total. The van der Waals surface area contributed by atoms with Crippen LogP contribution in [0, 0.1) is 0 Å². The van der Waals surface area contributed by atoms with Gasteiger partial charge in [0.25, 0.3) is 0 Å². The van der Waals surface area contributed by atoms with Crippen molar-refractivity contribution in [3.63, 3.8) is 0 Å². The van der Waals surface area contributed by atoms with Gasteiger partial charge >= 0.3 is 5.69 Å². The van der Waals surface area contributed by atoms with Crippen LogP contribution in [0.4, 0.5) is 0 Å². The van der Waals surface area contributed by atoms with Gasteiger partial charge in [0.2, 0.25) is 0 Å². The molecule has 0 saturated carbocycles. The fourth-order valence-corrected chi connectivity index (χ4v) is 5.73. The molecule has 0 unspecified atom stereocenters. The van der Waals surface area contributed by atoms with E-state index in [2.05, 4.69) is 38.6 Å². The van der Waals surface area contributed by atoms with Crippen LogP contribution in [-0.4, -0.2) is 61.5 Å². The molecule has 0 atom stereocenters. The van der Waals surface area contributed by atoms with Gasteiger partial charge in [0.05, 0.1) is 11.0 Å². The van der Waals surface area contributed by atoms with Gasteiger partial charge in [-0.15, -0.1) is 0 Å². The molecule has 4 heterocycles. The second-order valence-corrected chi connectivity index (χ2v) is 10.1. The van der Waals surface area contributed by atoms with Gasteiger partial charge in [-0.2, -0.15) is 0 Å². The first-order valence-corrected chi connectivity index (χ1v) is 12.0. The zero-order valence-electron chi connectivity index (χ0n) is 18.8. The van der Waals surface area contributed by atoms with Crippen LogP contribution in [0.3, 0.4) is 0 Å². The molecule has 1 aromatic carbocycles.